The fourth-order valence-corrected chi connectivity index (χ4v) is 7.45. The number of fused-ring (bicyclic) bond motifs is 1. The van der Waals surface area contributed by atoms with Gasteiger partial charge in [-0.25, -0.2) is 21.6 Å². The Morgan fingerprint density at radius 1 is 1.00 bits per heavy atom. The van der Waals surface area contributed by atoms with Crippen LogP contribution in [0.1, 0.15) is 26.2 Å². The summed E-state index contributed by atoms with van der Waals surface area (Å²) in [4.78, 5) is 12.3. The van der Waals surface area contributed by atoms with Crippen LogP contribution in [-0.2, 0) is 26.6 Å². The zero-order chi connectivity index (χ0) is 24.3. The number of rotatable bonds is 10. The van der Waals surface area contributed by atoms with Crippen LogP contribution in [0.25, 0.3) is 10.2 Å². The molecule has 184 valence electrons. The van der Waals surface area contributed by atoms with Crippen LogP contribution >= 0.6 is 11.3 Å². The molecular weight excluding hydrogens is 498 g/mol. The smallest absolute Gasteiger partial charge is 0.308 e. The molecule has 4 rings (SSSR count). The van der Waals surface area contributed by atoms with Gasteiger partial charge in [0, 0.05) is 26.2 Å². The molecule has 9 nitrogen and oxygen atoms in total. The van der Waals surface area contributed by atoms with Crippen molar-refractivity contribution in [3.63, 3.8) is 0 Å². The molecule has 2 heterocycles. The summed E-state index contributed by atoms with van der Waals surface area (Å²) in [6.07, 6.45) is 2.55. The first-order valence-corrected chi connectivity index (χ1v) is 14.8. The molecule has 34 heavy (non-hydrogen) atoms. The van der Waals surface area contributed by atoms with Crippen LogP contribution < -0.4 is 14.3 Å². The molecule has 1 aromatic heterocycles. The standard InChI is InChI=1S/C22H27N3O6S3/c1-2-12-25-20-10-9-19(16-21(20)32-22(25)26)33(27,28)23-11-15-31-17-5-7-18(8-6-17)34(29,30)24-13-3-4-14-24/h5-10,16,23H,2-4,11-15H2,1H3. The minimum atomic E-state index is -3.78. The third kappa shape index (κ3) is 5.20. The summed E-state index contributed by atoms with van der Waals surface area (Å²) in [5.41, 5.74) is 0.731. The Labute approximate surface area is 203 Å². The van der Waals surface area contributed by atoms with Crippen molar-refractivity contribution in [3.05, 3.63) is 52.1 Å². The van der Waals surface area contributed by atoms with Crippen LogP contribution in [0.5, 0.6) is 5.75 Å². The molecule has 1 saturated heterocycles. The van der Waals surface area contributed by atoms with E-state index in [0.29, 0.717) is 30.1 Å². The SMILES string of the molecule is CCCn1c(=O)sc2cc(S(=O)(=O)NCCOc3ccc(S(=O)(=O)N4CCCC4)cc3)ccc21. The van der Waals surface area contributed by atoms with Crippen molar-refractivity contribution < 1.29 is 21.6 Å². The first-order valence-electron chi connectivity index (χ1n) is 11.1. The van der Waals surface area contributed by atoms with Gasteiger partial charge in [0.1, 0.15) is 12.4 Å². The Kier molecular flexibility index (Phi) is 7.43. The molecule has 0 bridgehead atoms. The van der Waals surface area contributed by atoms with Crippen molar-refractivity contribution in [1.82, 2.24) is 13.6 Å². The van der Waals surface area contributed by atoms with Crippen molar-refractivity contribution in [2.45, 2.75) is 42.5 Å². The number of aryl methyl sites for hydroxylation is 1. The van der Waals surface area contributed by atoms with Crippen molar-refractivity contribution in [2.24, 2.45) is 0 Å². The molecule has 12 heteroatoms. The molecule has 0 saturated carbocycles. The van der Waals surface area contributed by atoms with E-state index < -0.39 is 20.0 Å². The van der Waals surface area contributed by atoms with E-state index in [2.05, 4.69) is 4.72 Å². The summed E-state index contributed by atoms with van der Waals surface area (Å²) in [6.45, 7) is 3.74. The lowest BCUT2D eigenvalue weighted by Crippen LogP contribution is -2.28. The lowest BCUT2D eigenvalue weighted by Gasteiger charge is -2.15. The maximum absolute atomic E-state index is 12.7. The molecule has 0 aliphatic carbocycles. The number of sulfonamides is 2. The van der Waals surface area contributed by atoms with E-state index in [9.17, 15) is 21.6 Å². The Bertz CT molecular complexity index is 1420. The maximum Gasteiger partial charge on any atom is 0.308 e. The molecule has 0 radical (unpaired) electrons. The summed E-state index contributed by atoms with van der Waals surface area (Å²) in [5, 5.41) is 0. The van der Waals surface area contributed by atoms with Gasteiger partial charge in [0.25, 0.3) is 0 Å². The number of thiazole rings is 1. The van der Waals surface area contributed by atoms with Gasteiger partial charge < -0.3 is 4.74 Å². The summed E-state index contributed by atoms with van der Waals surface area (Å²) >= 11 is 1.03. The van der Waals surface area contributed by atoms with Crippen LogP contribution in [0.15, 0.2) is 57.1 Å². The van der Waals surface area contributed by atoms with Crippen molar-refractivity contribution in [3.8, 4) is 5.75 Å². The number of benzene rings is 2. The van der Waals surface area contributed by atoms with Gasteiger partial charge in [-0.05, 0) is 61.7 Å². The molecule has 0 unspecified atom stereocenters. The second-order valence-corrected chi connectivity index (χ2v) is 12.7. The predicted molar refractivity (Wildman–Crippen MR) is 131 cm³/mol. The van der Waals surface area contributed by atoms with E-state index in [4.69, 9.17) is 4.74 Å². The maximum atomic E-state index is 12.7. The predicted octanol–water partition coefficient (Wildman–Crippen LogP) is 2.61. The largest absolute Gasteiger partial charge is 0.492 e. The fraction of sp³-hybridized carbons (Fsp3) is 0.409. The number of nitrogens with one attached hydrogen (secondary N) is 1. The molecule has 1 fully saturated rings. The quantitative estimate of drug-likeness (QED) is 0.407. The number of nitrogens with zero attached hydrogens (tertiary/aromatic N) is 2. The highest BCUT2D eigenvalue weighted by Gasteiger charge is 2.27. The normalized spacial score (nSPS) is 15.2. The molecule has 0 amide bonds. The molecule has 0 spiro atoms. The second kappa shape index (κ2) is 10.2. The number of hydrogen-bond donors (Lipinski definition) is 1. The van der Waals surface area contributed by atoms with Crippen LogP contribution in [-0.4, -0.2) is 51.9 Å². The van der Waals surface area contributed by atoms with Crippen LogP contribution in [0.3, 0.4) is 0 Å². The van der Waals surface area contributed by atoms with Gasteiger partial charge >= 0.3 is 4.87 Å². The van der Waals surface area contributed by atoms with E-state index in [0.717, 1.165) is 36.1 Å². The van der Waals surface area contributed by atoms with Gasteiger partial charge in [0.2, 0.25) is 20.0 Å². The third-order valence-corrected chi connectivity index (χ3v) is 9.90. The van der Waals surface area contributed by atoms with Crippen LogP contribution in [0.2, 0.25) is 0 Å². The van der Waals surface area contributed by atoms with E-state index in [1.165, 1.54) is 28.6 Å². The molecule has 1 aliphatic rings. The van der Waals surface area contributed by atoms with E-state index in [1.807, 2.05) is 6.92 Å². The summed E-state index contributed by atoms with van der Waals surface area (Å²) in [6, 6.07) is 10.8. The molecule has 3 aromatic rings. The van der Waals surface area contributed by atoms with Gasteiger partial charge in [-0.2, -0.15) is 4.31 Å². The minimum absolute atomic E-state index is 0.0290. The first kappa shape index (κ1) is 24.9. The monoisotopic (exact) mass is 525 g/mol. The van der Waals surface area contributed by atoms with E-state index in [-0.39, 0.29) is 27.8 Å². The number of ether oxygens (including phenoxy) is 1. The second-order valence-electron chi connectivity index (χ2n) is 7.98. The highest BCUT2D eigenvalue weighted by molar-refractivity contribution is 7.89. The Morgan fingerprint density at radius 3 is 2.35 bits per heavy atom. The minimum Gasteiger partial charge on any atom is -0.492 e. The zero-order valence-corrected chi connectivity index (χ0v) is 21.2. The average molecular weight is 526 g/mol. The van der Waals surface area contributed by atoms with Gasteiger partial charge in [-0.15, -0.1) is 0 Å². The topological polar surface area (TPSA) is 115 Å². The Balaban J connectivity index is 1.34. The van der Waals surface area contributed by atoms with Crippen LogP contribution in [0, 0.1) is 0 Å². The Hall–Kier alpha value is -2.25. The summed E-state index contributed by atoms with van der Waals surface area (Å²) in [5.74, 6) is 0.447. The highest BCUT2D eigenvalue weighted by Crippen LogP contribution is 2.24. The lowest BCUT2D eigenvalue weighted by atomic mass is 10.3. The molecule has 1 N–H and O–H groups in total. The van der Waals surface area contributed by atoms with Gasteiger partial charge in [-0.1, -0.05) is 18.3 Å². The number of aromatic nitrogens is 1. The highest BCUT2D eigenvalue weighted by atomic mass is 32.2. The summed E-state index contributed by atoms with van der Waals surface area (Å²) < 4.78 is 62.3. The molecule has 1 aliphatic heterocycles. The van der Waals surface area contributed by atoms with Crippen molar-refractivity contribution >= 4 is 41.6 Å². The van der Waals surface area contributed by atoms with E-state index in [1.54, 1.807) is 22.8 Å². The van der Waals surface area contributed by atoms with Crippen molar-refractivity contribution in [2.75, 3.05) is 26.2 Å². The first-order chi connectivity index (χ1) is 16.2. The number of hydrogen-bond acceptors (Lipinski definition) is 7. The van der Waals surface area contributed by atoms with E-state index >= 15 is 0 Å². The molecule has 0 atom stereocenters. The zero-order valence-electron chi connectivity index (χ0n) is 18.8. The lowest BCUT2D eigenvalue weighted by molar-refractivity contribution is 0.322. The Morgan fingerprint density at radius 2 is 1.68 bits per heavy atom. The summed E-state index contributed by atoms with van der Waals surface area (Å²) in [7, 11) is -7.26. The third-order valence-electron chi connectivity index (χ3n) is 5.59. The van der Waals surface area contributed by atoms with Gasteiger partial charge in [-0.3, -0.25) is 9.36 Å². The van der Waals surface area contributed by atoms with Crippen LogP contribution in [0.4, 0.5) is 0 Å². The average Bonchev–Trinajstić information content (AvgIpc) is 3.46. The fourth-order valence-electron chi connectivity index (χ4n) is 3.86. The molecule has 2 aromatic carbocycles. The van der Waals surface area contributed by atoms with Gasteiger partial charge in [0.15, 0.2) is 0 Å². The van der Waals surface area contributed by atoms with Gasteiger partial charge in [0.05, 0.1) is 20.0 Å². The van der Waals surface area contributed by atoms with Crippen molar-refractivity contribution in [1.29, 1.82) is 0 Å². The molecular formula is C22H27N3O6S3.